The molecule has 212 valence electrons. The van der Waals surface area contributed by atoms with Crippen molar-refractivity contribution < 1.29 is 38.1 Å². The van der Waals surface area contributed by atoms with Crippen LogP contribution in [0.4, 0.5) is 5.69 Å². The molecule has 0 aliphatic heterocycles. The average Bonchev–Trinajstić information content (AvgIpc) is 2.99. The van der Waals surface area contributed by atoms with E-state index in [1.807, 2.05) is 0 Å². The molecule has 3 rings (SSSR count). The molecule has 1 amide bonds. The van der Waals surface area contributed by atoms with Crippen molar-refractivity contribution in [3.63, 3.8) is 0 Å². The fraction of sp³-hybridized carbons (Fsp3) is 0.188. The van der Waals surface area contributed by atoms with Crippen molar-refractivity contribution in [2.45, 2.75) is 25.7 Å². The lowest BCUT2D eigenvalue weighted by molar-refractivity contribution is -0.137. The fourth-order valence-electron chi connectivity index (χ4n) is 3.46. The van der Waals surface area contributed by atoms with Gasteiger partial charge in [-0.3, -0.25) is 4.79 Å². The second-order valence-corrected chi connectivity index (χ2v) is 8.68. The minimum Gasteiger partial charge on any atom is -0.494 e. The van der Waals surface area contributed by atoms with E-state index in [0.29, 0.717) is 35.8 Å². The quantitative estimate of drug-likeness (QED) is 0.106. The van der Waals surface area contributed by atoms with Crippen LogP contribution >= 0.6 is 0 Å². The number of amides is 1. The van der Waals surface area contributed by atoms with Crippen LogP contribution in [0, 0.1) is 0 Å². The van der Waals surface area contributed by atoms with Crippen molar-refractivity contribution in [1.29, 1.82) is 0 Å². The zero-order valence-corrected chi connectivity index (χ0v) is 22.5. The molecule has 0 heterocycles. The summed E-state index contributed by atoms with van der Waals surface area (Å²) >= 11 is 0. The molecule has 0 aromatic heterocycles. The lowest BCUT2D eigenvalue weighted by Gasteiger charge is -2.09. The molecule has 0 radical (unpaired) electrons. The zero-order valence-electron chi connectivity index (χ0n) is 22.5. The lowest BCUT2D eigenvalue weighted by Crippen LogP contribution is -2.10. The Morgan fingerprint density at radius 2 is 1.10 bits per heavy atom. The third kappa shape index (κ3) is 10.5. The van der Waals surface area contributed by atoms with Gasteiger partial charge in [0.1, 0.15) is 17.2 Å². The van der Waals surface area contributed by atoms with Gasteiger partial charge in [0.15, 0.2) is 0 Å². The summed E-state index contributed by atoms with van der Waals surface area (Å²) in [5.74, 6) is -0.673. The highest BCUT2D eigenvalue weighted by Crippen LogP contribution is 2.21. The van der Waals surface area contributed by atoms with Crippen molar-refractivity contribution in [3.05, 3.63) is 109 Å². The molecule has 0 saturated carbocycles. The number of ether oxygens (including phenoxy) is 4. The monoisotopic (exact) mass is 557 g/mol. The second kappa shape index (κ2) is 16.0. The lowest BCUT2D eigenvalue weighted by atomic mass is 10.2. The van der Waals surface area contributed by atoms with E-state index in [4.69, 9.17) is 18.9 Å². The van der Waals surface area contributed by atoms with E-state index in [1.54, 1.807) is 36.4 Å². The number of hydrogen-bond donors (Lipinski definition) is 1. The van der Waals surface area contributed by atoms with Crippen molar-refractivity contribution in [3.8, 4) is 17.2 Å². The normalized spacial score (nSPS) is 10.1. The molecule has 9 heteroatoms. The number of carbonyl (C=O) groups is 4. The molecule has 41 heavy (non-hydrogen) atoms. The number of unbranched alkanes of at least 4 members (excludes halogenated alkanes) is 3. The van der Waals surface area contributed by atoms with E-state index in [2.05, 4.69) is 18.5 Å². The van der Waals surface area contributed by atoms with Gasteiger partial charge in [-0.1, -0.05) is 13.2 Å². The van der Waals surface area contributed by atoms with Gasteiger partial charge in [-0.05, 0) is 105 Å². The van der Waals surface area contributed by atoms with Crippen LogP contribution in [0.5, 0.6) is 17.2 Å². The maximum absolute atomic E-state index is 12.5. The minimum atomic E-state index is -0.579. The highest BCUT2D eigenvalue weighted by Gasteiger charge is 2.12. The van der Waals surface area contributed by atoms with Crippen LogP contribution in [0.2, 0.25) is 0 Å². The van der Waals surface area contributed by atoms with Gasteiger partial charge in [-0.15, -0.1) is 0 Å². The summed E-state index contributed by atoms with van der Waals surface area (Å²) in [6, 6.07) is 18.9. The Bertz CT molecular complexity index is 1350. The van der Waals surface area contributed by atoms with Gasteiger partial charge in [0, 0.05) is 11.8 Å². The smallest absolute Gasteiger partial charge is 0.343 e. The Labute approximate surface area is 238 Å². The molecular formula is C32H31NO8. The minimum absolute atomic E-state index is 0.275. The summed E-state index contributed by atoms with van der Waals surface area (Å²) < 4.78 is 21.4. The van der Waals surface area contributed by atoms with Gasteiger partial charge >= 0.3 is 17.9 Å². The van der Waals surface area contributed by atoms with Gasteiger partial charge in [-0.2, -0.15) is 0 Å². The molecular weight excluding hydrogens is 526 g/mol. The first-order valence-corrected chi connectivity index (χ1v) is 13.0. The van der Waals surface area contributed by atoms with E-state index < -0.39 is 17.9 Å². The number of rotatable bonds is 15. The molecule has 0 bridgehead atoms. The Morgan fingerprint density at radius 1 is 0.610 bits per heavy atom. The highest BCUT2D eigenvalue weighted by molar-refractivity contribution is 5.99. The van der Waals surface area contributed by atoms with Crippen LogP contribution in [0.25, 0.3) is 0 Å². The molecule has 0 unspecified atom stereocenters. The molecule has 0 fully saturated rings. The Hall–Kier alpha value is -5.18. The van der Waals surface area contributed by atoms with E-state index >= 15 is 0 Å². The number of esters is 3. The molecule has 0 aliphatic rings. The van der Waals surface area contributed by atoms with Gasteiger partial charge in [0.25, 0.3) is 0 Å². The summed E-state index contributed by atoms with van der Waals surface area (Å²) in [5.41, 5.74) is 1.18. The Balaban J connectivity index is 1.39. The summed E-state index contributed by atoms with van der Waals surface area (Å²) in [5, 5.41) is 2.60. The number of anilines is 1. The average molecular weight is 558 g/mol. The summed E-state index contributed by atoms with van der Waals surface area (Å²) in [6.07, 6.45) is 5.81. The maximum Gasteiger partial charge on any atom is 0.343 e. The fourth-order valence-corrected chi connectivity index (χ4v) is 3.46. The van der Waals surface area contributed by atoms with Crippen LogP contribution in [0.3, 0.4) is 0 Å². The third-order valence-corrected chi connectivity index (χ3v) is 5.63. The Kier molecular flexibility index (Phi) is 11.9. The largest absolute Gasteiger partial charge is 0.494 e. The standard InChI is InChI=1S/C32H31NO8/c1-3-29(34)33-25-13-9-23(10-14-25)31(36)40-27-17-19-28(20-18-27)41-32(37)24-11-15-26(16-12-24)38-21-7-5-6-8-22-39-30(35)4-2/h3-4,9-20H,1-2,5-8,21-22H2,(H,33,34). The summed E-state index contributed by atoms with van der Waals surface area (Å²) in [4.78, 5) is 47.2. The number of hydrogen-bond acceptors (Lipinski definition) is 8. The van der Waals surface area contributed by atoms with Crippen molar-refractivity contribution in [2.75, 3.05) is 18.5 Å². The molecule has 0 atom stereocenters. The second-order valence-electron chi connectivity index (χ2n) is 8.68. The predicted molar refractivity (Wildman–Crippen MR) is 153 cm³/mol. The predicted octanol–water partition coefficient (Wildman–Crippen LogP) is 5.92. The molecule has 9 nitrogen and oxygen atoms in total. The topological polar surface area (TPSA) is 117 Å². The van der Waals surface area contributed by atoms with E-state index in [1.165, 1.54) is 36.4 Å². The van der Waals surface area contributed by atoms with Gasteiger partial charge in [-0.25, -0.2) is 14.4 Å². The number of benzene rings is 3. The van der Waals surface area contributed by atoms with Crippen LogP contribution < -0.4 is 19.5 Å². The number of nitrogens with one attached hydrogen (secondary N) is 1. The van der Waals surface area contributed by atoms with E-state index in [-0.39, 0.29) is 17.4 Å². The van der Waals surface area contributed by atoms with Crippen molar-refractivity contribution in [1.82, 2.24) is 0 Å². The Morgan fingerprint density at radius 3 is 1.61 bits per heavy atom. The van der Waals surface area contributed by atoms with Gasteiger partial charge in [0.05, 0.1) is 24.3 Å². The summed E-state index contributed by atoms with van der Waals surface area (Å²) in [6.45, 7) is 7.66. The maximum atomic E-state index is 12.5. The first-order chi connectivity index (χ1) is 19.9. The van der Waals surface area contributed by atoms with Crippen LogP contribution in [-0.2, 0) is 14.3 Å². The van der Waals surface area contributed by atoms with Crippen molar-refractivity contribution in [2.24, 2.45) is 0 Å². The molecule has 0 aliphatic carbocycles. The number of carbonyl (C=O) groups excluding carboxylic acids is 4. The molecule has 0 spiro atoms. The van der Waals surface area contributed by atoms with Crippen LogP contribution in [-0.4, -0.2) is 37.0 Å². The molecule has 3 aromatic rings. The van der Waals surface area contributed by atoms with Crippen molar-refractivity contribution >= 4 is 29.5 Å². The SMILES string of the molecule is C=CC(=O)Nc1ccc(C(=O)Oc2ccc(OC(=O)c3ccc(OCCCCCCOC(=O)C=C)cc3)cc2)cc1. The first kappa shape index (κ1) is 30.4. The first-order valence-electron chi connectivity index (χ1n) is 13.0. The van der Waals surface area contributed by atoms with E-state index in [9.17, 15) is 19.2 Å². The summed E-state index contributed by atoms with van der Waals surface area (Å²) in [7, 11) is 0. The van der Waals surface area contributed by atoms with Gasteiger partial charge in [0.2, 0.25) is 5.91 Å². The van der Waals surface area contributed by atoms with E-state index in [0.717, 1.165) is 37.8 Å². The highest BCUT2D eigenvalue weighted by atomic mass is 16.5. The third-order valence-electron chi connectivity index (χ3n) is 5.63. The molecule has 3 aromatic carbocycles. The van der Waals surface area contributed by atoms with Crippen LogP contribution in [0.15, 0.2) is 98.1 Å². The van der Waals surface area contributed by atoms with Gasteiger partial charge < -0.3 is 24.3 Å². The molecule has 0 saturated heterocycles. The zero-order chi connectivity index (χ0) is 29.5. The van der Waals surface area contributed by atoms with Crippen LogP contribution in [0.1, 0.15) is 46.4 Å². The molecule has 1 N–H and O–H groups in total.